The van der Waals surface area contributed by atoms with Gasteiger partial charge >= 0.3 is 0 Å². The minimum Gasteiger partial charge on any atom is -0.380 e. The van der Waals surface area contributed by atoms with E-state index in [1.807, 2.05) is 6.07 Å². The topological polar surface area (TPSA) is 64.3 Å². The van der Waals surface area contributed by atoms with Crippen molar-refractivity contribution in [3.05, 3.63) is 35.9 Å². The Morgan fingerprint density at radius 1 is 1.25 bits per heavy atom. The molecule has 1 aromatic carbocycles. The Hall–Kier alpha value is -1.39. The monoisotopic (exact) mass is 278 g/mol. The van der Waals surface area contributed by atoms with Crippen LogP contribution in [0.4, 0.5) is 0 Å². The van der Waals surface area contributed by atoms with Gasteiger partial charge < -0.3 is 15.8 Å². The average molecular weight is 278 g/mol. The van der Waals surface area contributed by atoms with Crippen molar-refractivity contribution in [1.82, 2.24) is 5.32 Å². The predicted octanol–water partition coefficient (Wildman–Crippen LogP) is 1.88. The molecular weight excluding hydrogens is 252 g/mol. The Kier molecular flexibility index (Phi) is 8.67. The highest BCUT2D eigenvalue weighted by Gasteiger charge is 2.10. The number of ether oxygens (including phenoxy) is 1. The fraction of sp³-hybridized carbons (Fsp3) is 0.562. The molecule has 0 spiro atoms. The summed E-state index contributed by atoms with van der Waals surface area (Å²) < 4.78 is 5.08. The summed E-state index contributed by atoms with van der Waals surface area (Å²) in [5, 5.41) is 2.91. The summed E-state index contributed by atoms with van der Waals surface area (Å²) >= 11 is 0. The summed E-state index contributed by atoms with van der Waals surface area (Å²) in [6, 6.07) is 10.5. The minimum atomic E-state index is -0.173. The zero-order valence-corrected chi connectivity index (χ0v) is 12.3. The first-order valence-corrected chi connectivity index (χ1v) is 7.29. The normalized spacial score (nSPS) is 12.1. The van der Waals surface area contributed by atoms with Gasteiger partial charge in [-0.1, -0.05) is 36.8 Å². The first-order valence-electron chi connectivity index (χ1n) is 7.29. The zero-order valence-electron chi connectivity index (χ0n) is 12.3. The smallest absolute Gasteiger partial charge is 0.222 e. The van der Waals surface area contributed by atoms with Crippen LogP contribution in [0.3, 0.4) is 0 Å². The van der Waals surface area contributed by atoms with Crippen molar-refractivity contribution in [1.29, 1.82) is 0 Å². The lowest BCUT2D eigenvalue weighted by atomic mass is 10.1. The molecule has 20 heavy (non-hydrogen) atoms. The number of methoxy groups -OCH3 is 1. The van der Waals surface area contributed by atoms with Gasteiger partial charge in [0.2, 0.25) is 5.91 Å². The Morgan fingerprint density at radius 2 is 2.00 bits per heavy atom. The molecule has 1 rings (SSSR count). The number of carbonyl (C=O) groups is 1. The lowest BCUT2D eigenvalue weighted by Gasteiger charge is -2.12. The first-order chi connectivity index (χ1) is 9.76. The second-order valence-corrected chi connectivity index (χ2v) is 4.94. The van der Waals surface area contributed by atoms with Crippen LogP contribution < -0.4 is 11.1 Å². The van der Waals surface area contributed by atoms with Crippen molar-refractivity contribution in [2.75, 3.05) is 20.2 Å². The van der Waals surface area contributed by atoms with E-state index in [0.29, 0.717) is 13.0 Å². The van der Waals surface area contributed by atoms with Crippen LogP contribution in [0.1, 0.15) is 31.2 Å². The molecule has 0 aliphatic rings. The SMILES string of the molecule is COC(CN)CC(=O)NCCCCCc1ccccc1. The van der Waals surface area contributed by atoms with Crippen LogP contribution in [0.25, 0.3) is 0 Å². The third-order valence-electron chi connectivity index (χ3n) is 3.32. The molecular formula is C16H26N2O2. The molecule has 4 heteroatoms. The molecule has 0 saturated heterocycles. The lowest BCUT2D eigenvalue weighted by Crippen LogP contribution is -2.32. The molecule has 1 aromatic rings. The van der Waals surface area contributed by atoms with Gasteiger partial charge in [0.05, 0.1) is 12.5 Å². The van der Waals surface area contributed by atoms with Gasteiger partial charge in [0.1, 0.15) is 0 Å². The number of aryl methyl sites for hydroxylation is 1. The molecule has 1 amide bonds. The van der Waals surface area contributed by atoms with E-state index >= 15 is 0 Å². The van der Waals surface area contributed by atoms with Crippen molar-refractivity contribution < 1.29 is 9.53 Å². The van der Waals surface area contributed by atoms with Gasteiger partial charge in [-0.05, 0) is 24.8 Å². The summed E-state index contributed by atoms with van der Waals surface area (Å²) in [5.41, 5.74) is 6.85. The fourth-order valence-corrected chi connectivity index (χ4v) is 2.05. The molecule has 0 aromatic heterocycles. The van der Waals surface area contributed by atoms with Crippen molar-refractivity contribution in [2.24, 2.45) is 5.73 Å². The van der Waals surface area contributed by atoms with Crippen LogP contribution in [0.5, 0.6) is 0 Å². The Bertz CT molecular complexity index is 364. The van der Waals surface area contributed by atoms with E-state index in [9.17, 15) is 4.79 Å². The van der Waals surface area contributed by atoms with Gasteiger partial charge in [-0.2, -0.15) is 0 Å². The van der Waals surface area contributed by atoms with Crippen LogP contribution >= 0.6 is 0 Å². The van der Waals surface area contributed by atoms with Gasteiger partial charge in [0.25, 0.3) is 0 Å². The molecule has 0 saturated carbocycles. The van der Waals surface area contributed by atoms with Crippen LogP contribution in [0.2, 0.25) is 0 Å². The molecule has 0 heterocycles. The number of nitrogens with one attached hydrogen (secondary N) is 1. The van der Waals surface area contributed by atoms with E-state index in [0.717, 1.165) is 32.2 Å². The van der Waals surface area contributed by atoms with Crippen LogP contribution in [-0.2, 0) is 16.0 Å². The maximum absolute atomic E-state index is 11.6. The molecule has 0 radical (unpaired) electrons. The molecule has 1 unspecified atom stereocenters. The molecule has 112 valence electrons. The van der Waals surface area contributed by atoms with Gasteiger partial charge in [0.15, 0.2) is 0 Å². The van der Waals surface area contributed by atoms with E-state index in [4.69, 9.17) is 10.5 Å². The van der Waals surface area contributed by atoms with E-state index in [1.165, 1.54) is 5.56 Å². The van der Waals surface area contributed by atoms with Crippen LogP contribution in [0.15, 0.2) is 30.3 Å². The summed E-state index contributed by atoms with van der Waals surface area (Å²) in [4.78, 5) is 11.6. The fourth-order valence-electron chi connectivity index (χ4n) is 2.05. The van der Waals surface area contributed by atoms with E-state index in [1.54, 1.807) is 7.11 Å². The lowest BCUT2D eigenvalue weighted by molar-refractivity contribution is -0.123. The van der Waals surface area contributed by atoms with Crippen molar-refractivity contribution in [2.45, 2.75) is 38.2 Å². The first kappa shape index (κ1) is 16.7. The van der Waals surface area contributed by atoms with Gasteiger partial charge in [0, 0.05) is 20.2 Å². The molecule has 0 bridgehead atoms. The Balaban J connectivity index is 2.00. The Morgan fingerprint density at radius 3 is 2.65 bits per heavy atom. The number of unbranched alkanes of at least 4 members (excludes halogenated alkanes) is 2. The molecule has 0 aliphatic heterocycles. The molecule has 3 N–H and O–H groups in total. The summed E-state index contributed by atoms with van der Waals surface area (Å²) in [6.45, 7) is 1.11. The number of rotatable bonds is 10. The number of amides is 1. The summed E-state index contributed by atoms with van der Waals surface area (Å²) in [6.07, 6.45) is 4.57. The largest absolute Gasteiger partial charge is 0.380 e. The number of benzene rings is 1. The van der Waals surface area contributed by atoms with E-state index in [2.05, 4.69) is 29.6 Å². The quantitative estimate of drug-likeness (QED) is 0.642. The van der Waals surface area contributed by atoms with Gasteiger partial charge in [-0.25, -0.2) is 0 Å². The third-order valence-corrected chi connectivity index (χ3v) is 3.32. The molecule has 4 nitrogen and oxygen atoms in total. The second kappa shape index (κ2) is 10.4. The molecule has 0 fully saturated rings. The standard InChI is InChI=1S/C16H26N2O2/c1-20-15(13-17)12-16(19)18-11-7-3-6-10-14-8-4-2-5-9-14/h2,4-5,8-9,15H,3,6-7,10-13,17H2,1H3,(H,18,19). The number of carbonyl (C=O) groups excluding carboxylic acids is 1. The Labute approximate surface area is 121 Å². The zero-order chi connectivity index (χ0) is 14.6. The number of hydrogen-bond acceptors (Lipinski definition) is 3. The third kappa shape index (κ3) is 7.26. The van der Waals surface area contributed by atoms with Crippen molar-refractivity contribution in [3.8, 4) is 0 Å². The second-order valence-electron chi connectivity index (χ2n) is 4.94. The summed E-state index contributed by atoms with van der Waals surface area (Å²) in [7, 11) is 1.58. The van der Waals surface area contributed by atoms with Crippen molar-refractivity contribution in [3.63, 3.8) is 0 Å². The van der Waals surface area contributed by atoms with Crippen molar-refractivity contribution >= 4 is 5.91 Å². The number of hydrogen-bond donors (Lipinski definition) is 2. The van der Waals surface area contributed by atoms with Crippen LogP contribution in [-0.4, -0.2) is 32.2 Å². The van der Waals surface area contributed by atoms with Gasteiger partial charge in [-0.15, -0.1) is 0 Å². The number of nitrogens with two attached hydrogens (primary N) is 1. The highest BCUT2D eigenvalue weighted by molar-refractivity contribution is 5.76. The average Bonchev–Trinajstić information content (AvgIpc) is 2.49. The van der Waals surface area contributed by atoms with Gasteiger partial charge in [-0.3, -0.25) is 4.79 Å². The van der Waals surface area contributed by atoms with E-state index in [-0.39, 0.29) is 12.0 Å². The minimum absolute atomic E-state index is 0.0189. The molecule has 1 atom stereocenters. The highest BCUT2D eigenvalue weighted by Crippen LogP contribution is 2.05. The highest BCUT2D eigenvalue weighted by atomic mass is 16.5. The van der Waals surface area contributed by atoms with E-state index < -0.39 is 0 Å². The van der Waals surface area contributed by atoms with Crippen LogP contribution in [0, 0.1) is 0 Å². The predicted molar refractivity (Wildman–Crippen MR) is 81.5 cm³/mol. The molecule has 0 aliphatic carbocycles. The maximum Gasteiger partial charge on any atom is 0.222 e. The summed E-state index contributed by atoms with van der Waals surface area (Å²) in [5.74, 6) is 0.0189. The maximum atomic E-state index is 11.6.